The van der Waals surface area contributed by atoms with E-state index in [1.165, 1.54) is 0 Å². The highest BCUT2D eigenvalue weighted by molar-refractivity contribution is 9.10. The quantitative estimate of drug-likeness (QED) is 0.844. The number of anilines is 1. The Morgan fingerprint density at radius 1 is 1.17 bits per heavy atom. The van der Waals surface area contributed by atoms with E-state index in [4.69, 9.17) is 10.5 Å². The van der Waals surface area contributed by atoms with Crippen molar-refractivity contribution in [3.05, 3.63) is 46.4 Å². The summed E-state index contributed by atoms with van der Waals surface area (Å²) in [6.07, 6.45) is 0. The zero-order valence-electron chi connectivity index (χ0n) is 10.2. The molecule has 0 bridgehead atoms. The van der Waals surface area contributed by atoms with Crippen LogP contribution in [0.1, 0.15) is 5.56 Å². The fourth-order valence-corrected chi connectivity index (χ4v) is 3.20. The van der Waals surface area contributed by atoms with Gasteiger partial charge in [-0.05, 0) is 52.7 Å². The lowest BCUT2D eigenvalue weighted by molar-refractivity contribution is 0.405. The number of nitrogens with two attached hydrogens (primary N) is 1. The van der Waals surface area contributed by atoms with Crippen LogP contribution in [0.2, 0.25) is 0 Å². The molecule has 2 rings (SSSR count). The van der Waals surface area contributed by atoms with Crippen LogP contribution in [0.5, 0.6) is 5.75 Å². The van der Waals surface area contributed by atoms with Gasteiger partial charge in [-0.1, -0.05) is 23.9 Å². The third-order valence-electron chi connectivity index (χ3n) is 2.61. The Bertz CT molecular complexity index is 572. The van der Waals surface area contributed by atoms with Gasteiger partial charge in [0.2, 0.25) is 0 Å². The first-order valence-electron chi connectivity index (χ1n) is 5.48. The van der Waals surface area contributed by atoms with Crippen LogP contribution in [0, 0.1) is 6.92 Å². The van der Waals surface area contributed by atoms with E-state index in [0.29, 0.717) is 0 Å². The van der Waals surface area contributed by atoms with Crippen molar-refractivity contribution < 1.29 is 4.74 Å². The minimum Gasteiger partial charge on any atom is -0.496 e. The molecule has 0 saturated heterocycles. The minimum atomic E-state index is 0.797. The Kier molecular flexibility index (Phi) is 4.19. The van der Waals surface area contributed by atoms with Crippen molar-refractivity contribution in [2.24, 2.45) is 0 Å². The van der Waals surface area contributed by atoms with E-state index >= 15 is 0 Å². The van der Waals surface area contributed by atoms with Gasteiger partial charge in [0.15, 0.2) is 0 Å². The van der Waals surface area contributed by atoms with Gasteiger partial charge in [-0.15, -0.1) is 0 Å². The molecule has 0 aliphatic rings. The van der Waals surface area contributed by atoms with Crippen molar-refractivity contribution in [2.75, 3.05) is 12.8 Å². The first kappa shape index (κ1) is 13.3. The van der Waals surface area contributed by atoms with Crippen LogP contribution in [0.3, 0.4) is 0 Å². The molecule has 0 spiro atoms. The number of hydrogen-bond acceptors (Lipinski definition) is 3. The Labute approximate surface area is 120 Å². The third-order valence-corrected chi connectivity index (χ3v) is 4.64. The molecule has 0 aliphatic carbocycles. The van der Waals surface area contributed by atoms with Gasteiger partial charge >= 0.3 is 0 Å². The molecule has 0 aliphatic heterocycles. The maximum Gasteiger partial charge on any atom is 0.132 e. The van der Waals surface area contributed by atoms with Crippen LogP contribution in [0.25, 0.3) is 0 Å². The zero-order chi connectivity index (χ0) is 13.1. The summed E-state index contributed by atoms with van der Waals surface area (Å²) in [7, 11) is 1.68. The Morgan fingerprint density at radius 2 is 1.89 bits per heavy atom. The highest BCUT2D eigenvalue weighted by Crippen LogP contribution is 2.39. The number of halogens is 1. The predicted molar refractivity (Wildman–Crippen MR) is 80.4 cm³/mol. The van der Waals surface area contributed by atoms with E-state index in [2.05, 4.69) is 22.0 Å². The van der Waals surface area contributed by atoms with Crippen LogP contribution >= 0.6 is 27.7 Å². The molecule has 94 valence electrons. The van der Waals surface area contributed by atoms with Crippen molar-refractivity contribution in [1.82, 2.24) is 0 Å². The molecule has 0 atom stereocenters. The average molecular weight is 324 g/mol. The number of ether oxygens (including phenoxy) is 1. The van der Waals surface area contributed by atoms with Crippen LogP contribution in [0.15, 0.2) is 50.7 Å². The minimum absolute atomic E-state index is 0.797. The second-order valence-electron chi connectivity index (χ2n) is 3.89. The van der Waals surface area contributed by atoms with Gasteiger partial charge in [0, 0.05) is 15.1 Å². The zero-order valence-corrected chi connectivity index (χ0v) is 12.6. The standard InChI is InChI=1S/C14H14BrNOS/c1-9-7-14(10(15)8-11(9)16)18-13-6-4-3-5-12(13)17-2/h3-8H,16H2,1-2H3. The SMILES string of the molecule is COc1ccccc1Sc1cc(C)c(N)cc1Br. The average Bonchev–Trinajstić information content (AvgIpc) is 2.36. The van der Waals surface area contributed by atoms with Crippen LogP contribution in [0.4, 0.5) is 5.69 Å². The largest absolute Gasteiger partial charge is 0.496 e. The summed E-state index contributed by atoms with van der Waals surface area (Å²) in [4.78, 5) is 2.22. The molecule has 4 heteroatoms. The van der Waals surface area contributed by atoms with Gasteiger partial charge in [0.05, 0.1) is 12.0 Å². The molecule has 0 amide bonds. The summed E-state index contributed by atoms with van der Waals surface area (Å²) >= 11 is 5.20. The summed E-state index contributed by atoms with van der Waals surface area (Å²) in [5, 5.41) is 0. The van der Waals surface area contributed by atoms with Crippen LogP contribution in [-0.2, 0) is 0 Å². The van der Waals surface area contributed by atoms with Crippen molar-refractivity contribution in [3.63, 3.8) is 0 Å². The fraction of sp³-hybridized carbons (Fsp3) is 0.143. The normalized spacial score (nSPS) is 10.4. The molecule has 2 aromatic carbocycles. The number of nitrogen functional groups attached to an aromatic ring is 1. The summed E-state index contributed by atoms with van der Waals surface area (Å²) in [6, 6.07) is 12.0. The van der Waals surface area contributed by atoms with Gasteiger partial charge in [-0.25, -0.2) is 0 Å². The molecule has 0 heterocycles. The molecular formula is C14H14BrNOS. The Balaban J connectivity index is 2.37. The molecule has 0 aromatic heterocycles. The lowest BCUT2D eigenvalue weighted by Gasteiger charge is -2.10. The number of aryl methyl sites for hydroxylation is 1. The van der Waals surface area contributed by atoms with Gasteiger partial charge in [0.25, 0.3) is 0 Å². The number of para-hydroxylation sites is 1. The van der Waals surface area contributed by atoms with Gasteiger partial charge < -0.3 is 10.5 Å². The summed E-state index contributed by atoms with van der Waals surface area (Å²) in [5.74, 6) is 0.879. The molecule has 0 fully saturated rings. The molecule has 0 radical (unpaired) electrons. The highest BCUT2D eigenvalue weighted by Gasteiger charge is 2.08. The van der Waals surface area contributed by atoms with Gasteiger partial charge in [0.1, 0.15) is 5.75 Å². The van der Waals surface area contributed by atoms with Crippen molar-refractivity contribution >= 4 is 33.4 Å². The summed E-state index contributed by atoms with van der Waals surface area (Å²) in [5.41, 5.74) is 7.75. The number of hydrogen-bond donors (Lipinski definition) is 1. The molecule has 2 nitrogen and oxygen atoms in total. The van der Waals surface area contributed by atoms with Crippen molar-refractivity contribution in [2.45, 2.75) is 16.7 Å². The Hall–Kier alpha value is -1.13. The maximum absolute atomic E-state index is 5.88. The Morgan fingerprint density at radius 3 is 2.61 bits per heavy atom. The predicted octanol–water partition coefficient (Wildman–Crippen LogP) is 4.50. The second-order valence-corrected chi connectivity index (χ2v) is 5.83. The third kappa shape index (κ3) is 2.82. The van der Waals surface area contributed by atoms with Crippen molar-refractivity contribution in [3.8, 4) is 5.75 Å². The highest BCUT2D eigenvalue weighted by atomic mass is 79.9. The molecule has 0 saturated carbocycles. The number of benzene rings is 2. The monoisotopic (exact) mass is 323 g/mol. The first-order valence-corrected chi connectivity index (χ1v) is 7.09. The van der Waals surface area contributed by atoms with E-state index in [0.717, 1.165) is 31.3 Å². The van der Waals surface area contributed by atoms with Gasteiger partial charge in [-0.2, -0.15) is 0 Å². The molecule has 2 N–H and O–H groups in total. The fourth-order valence-electron chi connectivity index (χ4n) is 1.57. The second kappa shape index (κ2) is 5.67. The first-order chi connectivity index (χ1) is 8.61. The molecule has 2 aromatic rings. The van der Waals surface area contributed by atoms with E-state index in [-0.39, 0.29) is 0 Å². The lowest BCUT2D eigenvalue weighted by Crippen LogP contribution is -1.91. The van der Waals surface area contributed by atoms with E-state index in [9.17, 15) is 0 Å². The topological polar surface area (TPSA) is 35.2 Å². The summed E-state index contributed by atoms with van der Waals surface area (Å²) < 4.78 is 6.35. The van der Waals surface area contributed by atoms with E-state index in [1.807, 2.05) is 37.3 Å². The number of rotatable bonds is 3. The van der Waals surface area contributed by atoms with Crippen molar-refractivity contribution in [1.29, 1.82) is 0 Å². The van der Waals surface area contributed by atoms with Crippen LogP contribution in [-0.4, -0.2) is 7.11 Å². The molecular weight excluding hydrogens is 310 g/mol. The summed E-state index contributed by atoms with van der Waals surface area (Å²) in [6.45, 7) is 2.01. The van der Waals surface area contributed by atoms with Gasteiger partial charge in [-0.3, -0.25) is 0 Å². The van der Waals surface area contributed by atoms with Crippen LogP contribution < -0.4 is 10.5 Å². The smallest absolute Gasteiger partial charge is 0.132 e. The molecule has 0 unspecified atom stereocenters. The van der Waals surface area contributed by atoms with E-state index in [1.54, 1.807) is 18.9 Å². The maximum atomic E-state index is 5.88. The van der Waals surface area contributed by atoms with E-state index < -0.39 is 0 Å². The molecule has 18 heavy (non-hydrogen) atoms. The lowest BCUT2D eigenvalue weighted by atomic mass is 10.2. The number of methoxy groups -OCH3 is 1.